The van der Waals surface area contributed by atoms with Crippen LogP contribution in [0.4, 0.5) is 5.69 Å². The van der Waals surface area contributed by atoms with Crippen molar-refractivity contribution in [3.8, 4) is 0 Å². The van der Waals surface area contributed by atoms with Crippen LogP contribution in [0, 0.1) is 6.92 Å². The molecule has 2 aromatic rings. The second-order valence-corrected chi connectivity index (χ2v) is 5.64. The number of anilines is 1. The lowest BCUT2D eigenvalue weighted by Gasteiger charge is -2.11. The Morgan fingerprint density at radius 1 is 1.05 bits per heavy atom. The van der Waals surface area contributed by atoms with Crippen molar-refractivity contribution in [1.29, 1.82) is 0 Å². The lowest BCUT2D eigenvalue weighted by Crippen LogP contribution is -2.00. The van der Waals surface area contributed by atoms with Crippen molar-refractivity contribution < 1.29 is 0 Å². The third kappa shape index (κ3) is 3.74. The van der Waals surface area contributed by atoms with Crippen LogP contribution < -0.4 is 5.32 Å². The van der Waals surface area contributed by atoms with Gasteiger partial charge in [0, 0.05) is 6.54 Å². The summed E-state index contributed by atoms with van der Waals surface area (Å²) in [5.41, 5.74) is 4.84. The van der Waals surface area contributed by atoms with Gasteiger partial charge in [-0.25, -0.2) is 0 Å². The smallest absolute Gasteiger partial charge is 0.0637 e. The molecule has 0 aliphatic carbocycles. The standard InChI is InChI=1S/C17H20ClN/c1-12(2)15-7-5-14(6-8-15)11-19-17-10-13(3)4-9-16(17)18/h4-10,12,19H,11H2,1-3H3. The van der Waals surface area contributed by atoms with Gasteiger partial charge in [0.25, 0.3) is 0 Å². The highest BCUT2D eigenvalue weighted by Crippen LogP contribution is 2.23. The molecule has 0 heterocycles. The van der Waals surface area contributed by atoms with E-state index in [4.69, 9.17) is 11.6 Å². The first kappa shape index (κ1) is 14.0. The van der Waals surface area contributed by atoms with Crippen molar-refractivity contribution in [2.45, 2.75) is 33.2 Å². The summed E-state index contributed by atoms with van der Waals surface area (Å²) in [6.07, 6.45) is 0. The normalized spacial score (nSPS) is 10.8. The van der Waals surface area contributed by atoms with Gasteiger partial charge in [-0.1, -0.05) is 55.8 Å². The van der Waals surface area contributed by atoms with Crippen molar-refractivity contribution in [2.24, 2.45) is 0 Å². The van der Waals surface area contributed by atoms with E-state index in [1.54, 1.807) is 0 Å². The van der Waals surface area contributed by atoms with Crippen LogP contribution in [0.2, 0.25) is 5.02 Å². The van der Waals surface area contributed by atoms with Crippen LogP contribution in [0.3, 0.4) is 0 Å². The molecule has 100 valence electrons. The number of hydrogen-bond acceptors (Lipinski definition) is 1. The Labute approximate surface area is 120 Å². The number of rotatable bonds is 4. The molecule has 1 N–H and O–H groups in total. The first-order chi connectivity index (χ1) is 9.06. The second kappa shape index (κ2) is 6.12. The molecular weight excluding hydrogens is 254 g/mol. The zero-order valence-corrected chi connectivity index (χ0v) is 12.5. The summed E-state index contributed by atoms with van der Waals surface area (Å²) < 4.78 is 0. The molecular formula is C17H20ClN. The minimum Gasteiger partial charge on any atom is -0.380 e. The van der Waals surface area contributed by atoms with Crippen LogP contribution in [0.25, 0.3) is 0 Å². The Bertz CT molecular complexity index is 544. The van der Waals surface area contributed by atoms with Gasteiger partial charge in [-0.2, -0.15) is 0 Å². The molecule has 1 nitrogen and oxygen atoms in total. The Morgan fingerprint density at radius 2 is 1.74 bits per heavy atom. The highest BCUT2D eigenvalue weighted by atomic mass is 35.5. The largest absolute Gasteiger partial charge is 0.380 e. The van der Waals surface area contributed by atoms with Crippen molar-refractivity contribution in [2.75, 3.05) is 5.32 Å². The minimum absolute atomic E-state index is 0.577. The van der Waals surface area contributed by atoms with E-state index in [-0.39, 0.29) is 0 Å². The summed E-state index contributed by atoms with van der Waals surface area (Å²) >= 11 is 6.17. The summed E-state index contributed by atoms with van der Waals surface area (Å²) in [7, 11) is 0. The fourth-order valence-electron chi connectivity index (χ4n) is 1.99. The van der Waals surface area contributed by atoms with Crippen LogP contribution in [-0.4, -0.2) is 0 Å². The fraction of sp³-hybridized carbons (Fsp3) is 0.294. The maximum atomic E-state index is 6.17. The molecule has 0 aliphatic heterocycles. The summed E-state index contributed by atoms with van der Waals surface area (Å²) in [5.74, 6) is 0.577. The number of aryl methyl sites for hydroxylation is 1. The van der Waals surface area contributed by atoms with Gasteiger partial charge in [0.2, 0.25) is 0 Å². The predicted octanol–water partition coefficient (Wildman–Crippen LogP) is 5.38. The predicted molar refractivity (Wildman–Crippen MR) is 84.0 cm³/mol. The van der Waals surface area contributed by atoms with Crippen LogP contribution >= 0.6 is 11.6 Å². The van der Waals surface area contributed by atoms with Gasteiger partial charge in [0.05, 0.1) is 10.7 Å². The van der Waals surface area contributed by atoms with E-state index in [9.17, 15) is 0 Å². The Kier molecular flexibility index (Phi) is 4.49. The van der Waals surface area contributed by atoms with E-state index < -0.39 is 0 Å². The Morgan fingerprint density at radius 3 is 2.37 bits per heavy atom. The van der Waals surface area contributed by atoms with Crippen LogP contribution in [-0.2, 0) is 6.54 Å². The zero-order chi connectivity index (χ0) is 13.8. The summed E-state index contributed by atoms with van der Waals surface area (Å²) in [5, 5.41) is 4.15. The molecule has 19 heavy (non-hydrogen) atoms. The lowest BCUT2D eigenvalue weighted by atomic mass is 10.0. The molecule has 2 rings (SSSR count). The van der Waals surface area contributed by atoms with Gasteiger partial charge in [0.1, 0.15) is 0 Å². The van der Waals surface area contributed by atoms with E-state index in [1.165, 1.54) is 16.7 Å². The third-order valence-electron chi connectivity index (χ3n) is 3.25. The highest BCUT2D eigenvalue weighted by Gasteiger charge is 2.02. The van der Waals surface area contributed by atoms with Crippen LogP contribution in [0.15, 0.2) is 42.5 Å². The van der Waals surface area contributed by atoms with Crippen molar-refractivity contribution >= 4 is 17.3 Å². The summed E-state index contributed by atoms with van der Waals surface area (Å²) in [6, 6.07) is 14.8. The molecule has 0 atom stereocenters. The molecule has 0 bridgehead atoms. The quantitative estimate of drug-likeness (QED) is 0.788. The van der Waals surface area contributed by atoms with E-state index in [2.05, 4.69) is 56.4 Å². The number of halogens is 1. The van der Waals surface area contributed by atoms with Crippen molar-refractivity contribution in [3.05, 3.63) is 64.2 Å². The molecule has 0 amide bonds. The third-order valence-corrected chi connectivity index (χ3v) is 3.58. The van der Waals surface area contributed by atoms with E-state index in [0.717, 1.165) is 17.3 Å². The zero-order valence-electron chi connectivity index (χ0n) is 11.7. The van der Waals surface area contributed by atoms with E-state index in [1.807, 2.05) is 12.1 Å². The van der Waals surface area contributed by atoms with E-state index >= 15 is 0 Å². The SMILES string of the molecule is Cc1ccc(Cl)c(NCc2ccc(C(C)C)cc2)c1. The first-order valence-electron chi connectivity index (χ1n) is 6.65. The van der Waals surface area contributed by atoms with Gasteiger partial charge >= 0.3 is 0 Å². The molecule has 0 unspecified atom stereocenters. The van der Waals surface area contributed by atoms with Gasteiger partial charge in [0.15, 0.2) is 0 Å². The number of benzene rings is 2. The molecule has 0 saturated heterocycles. The topological polar surface area (TPSA) is 12.0 Å². The summed E-state index contributed by atoms with van der Waals surface area (Å²) in [4.78, 5) is 0. The molecule has 0 radical (unpaired) electrons. The van der Waals surface area contributed by atoms with Crippen molar-refractivity contribution in [1.82, 2.24) is 0 Å². The maximum Gasteiger partial charge on any atom is 0.0637 e. The molecule has 2 aromatic carbocycles. The fourth-order valence-corrected chi connectivity index (χ4v) is 2.18. The van der Waals surface area contributed by atoms with Crippen LogP contribution in [0.1, 0.15) is 36.5 Å². The van der Waals surface area contributed by atoms with Crippen LogP contribution in [0.5, 0.6) is 0 Å². The molecule has 0 aromatic heterocycles. The first-order valence-corrected chi connectivity index (χ1v) is 7.03. The monoisotopic (exact) mass is 273 g/mol. The van der Waals surface area contributed by atoms with Crippen molar-refractivity contribution in [3.63, 3.8) is 0 Å². The molecule has 0 fully saturated rings. The average Bonchev–Trinajstić information content (AvgIpc) is 2.40. The van der Waals surface area contributed by atoms with E-state index in [0.29, 0.717) is 5.92 Å². The van der Waals surface area contributed by atoms with Gasteiger partial charge in [-0.3, -0.25) is 0 Å². The van der Waals surface area contributed by atoms with Gasteiger partial charge < -0.3 is 5.32 Å². The molecule has 0 spiro atoms. The molecule has 0 aliphatic rings. The Balaban J connectivity index is 2.04. The highest BCUT2D eigenvalue weighted by molar-refractivity contribution is 6.33. The summed E-state index contributed by atoms with van der Waals surface area (Å²) in [6.45, 7) is 7.28. The molecule has 2 heteroatoms. The Hall–Kier alpha value is -1.47. The lowest BCUT2D eigenvalue weighted by molar-refractivity contribution is 0.865. The van der Waals surface area contributed by atoms with Gasteiger partial charge in [-0.15, -0.1) is 0 Å². The average molecular weight is 274 g/mol. The van der Waals surface area contributed by atoms with Gasteiger partial charge in [-0.05, 0) is 41.7 Å². The second-order valence-electron chi connectivity index (χ2n) is 5.23. The minimum atomic E-state index is 0.577. The number of hydrogen-bond donors (Lipinski definition) is 1. The molecule has 0 saturated carbocycles. The number of nitrogens with one attached hydrogen (secondary N) is 1. The maximum absolute atomic E-state index is 6.17.